The Balaban J connectivity index is 1.35. The van der Waals surface area contributed by atoms with Crippen molar-refractivity contribution < 1.29 is 14.3 Å². The number of ether oxygens (including phenoxy) is 1. The Labute approximate surface area is 211 Å². The lowest BCUT2D eigenvalue weighted by Crippen LogP contribution is -2.43. The van der Waals surface area contributed by atoms with Gasteiger partial charge in [0.05, 0.1) is 6.20 Å². The van der Waals surface area contributed by atoms with Gasteiger partial charge in [-0.1, -0.05) is 17.4 Å². The Kier molecular flexibility index (Phi) is 7.91. The third kappa shape index (κ3) is 7.14. The number of piperidine rings is 2. The first-order valence-electron chi connectivity index (χ1n) is 12.3. The van der Waals surface area contributed by atoms with E-state index in [4.69, 9.17) is 9.72 Å². The molecule has 9 nitrogen and oxygen atoms in total. The Morgan fingerprint density at radius 2 is 1.91 bits per heavy atom. The maximum absolute atomic E-state index is 12.7. The number of rotatable bonds is 5. The molecule has 4 heterocycles. The molecule has 2 aromatic heterocycles. The van der Waals surface area contributed by atoms with Crippen molar-refractivity contribution in [3.8, 4) is 0 Å². The average molecular weight is 501 g/mol. The van der Waals surface area contributed by atoms with Crippen molar-refractivity contribution in [1.29, 1.82) is 0 Å². The fraction of sp³-hybridized carbons (Fsp3) is 0.600. The molecule has 2 amide bonds. The van der Waals surface area contributed by atoms with Gasteiger partial charge < -0.3 is 25.2 Å². The molecule has 4 rings (SSSR count). The number of aromatic nitrogens is 2. The summed E-state index contributed by atoms with van der Waals surface area (Å²) in [6.07, 6.45) is 5.15. The van der Waals surface area contributed by atoms with E-state index in [1.165, 1.54) is 11.3 Å². The Bertz CT molecular complexity index is 1030. The van der Waals surface area contributed by atoms with Gasteiger partial charge in [-0.3, -0.25) is 4.79 Å². The minimum Gasteiger partial charge on any atom is -0.444 e. The van der Waals surface area contributed by atoms with Crippen LogP contribution in [0.15, 0.2) is 24.4 Å². The molecule has 2 saturated heterocycles. The van der Waals surface area contributed by atoms with E-state index in [-0.39, 0.29) is 24.0 Å². The molecule has 2 N–H and O–H groups in total. The minimum atomic E-state index is -0.511. The highest BCUT2D eigenvalue weighted by atomic mass is 32.1. The zero-order valence-corrected chi connectivity index (χ0v) is 21.9. The van der Waals surface area contributed by atoms with Gasteiger partial charge >= 0.3 is 6.09 Å². The molecule has 0 bridgehead atoms. The van der Waals surface area contributed by atoms with Crippen molar-refractivity contribution in [2.24, 2.45) is 0 Å². The third-order valence-electron chi connectivity index (χ3n) is 6.28. The van der Waals surface area contributed by atoms with E-state index in [0.717, 1.165) is 44.5 Å². The van der Waals surface area contributed by atoms with Gasteiger partial charge in [-0.25, -0.2) is 14.8 Å². The molecule has 10 heteroatoms. The summed E-state index contributed by atoms with van der Waals surface area (Å²) in [6.45, 7) is 8.93. The third-order valence-corrected chi connectivity index (χ3v) is 7.19. The molecule has 0 saturated carbocycles. The van der Waals surface area contributed by atoms with Gasteiger partial charge in [0.2, 0.25) is 0 Å². The van der Waals surface area contributed by atoms with Crippen LogP contribution in [-0.2, 0) is 4.74 Å². The van der Waals surface area contributed by atoms with Crippen LogP contribution in [0.4, 0.5) is 15.7 Å². The highest BCUT2D eigenvalue weighted by Gasteiger charge is 2.29. The van der Waals surface area contributed by atoms with Crippen molar-refractivity contribution in [3.63, 3.8) is 0 Å². The highest BCUT2D eigenvalue weighted by molar-refractivity contribution is 7.17. The summed E-state index contributed by atoms with van der Waals surface area (Å²) >= 11 is 1.32. The minimum absolute atomic E-state index is 0.0729. The zero-order valence-electron chi connectivity index (χ0n) is 21.0. The number of carbonyl (C=O) groups excluding carboxylic acids is 2. The van der Waals surface area contributed by atoms with Gasteiger partial charge in [-0.15, -0.1) is 0 Å². The number of anilines is 2. The molecule has 1 unspecified atom stereocenters. The Morgan fingerprint density at radius 1 is 1.14 bits per heavy atom. The summed E-state index contributed by atoms with van der Waals surface area (Å²) in [5.41, 5.74) is 0.419. The van der Waals surface area contributed by atoms with E-state index < -0.39 is 5.60 Å². The molecule has 2 aromatic rings. The first-order valence-corrected chi connectivity index (χ1v) is 13.1. The van der Waals surface area contributed by atoms with E-state index in [0.29, 0.717) is 28.9 Å². The highest BCUT2D eigenvalue weighted by Crippen LogP contribution is 2.29. The first-order chi connectivity index (χ1) is 16.7. The average Bonchev–Trinajstić information content (AvgIpc) is 3.28. The van der Waals surface area contributed by atoms with Gasteiger partial charge in [-0.2, -0.15) is 0 Å². The molecule has 190 valence electrons. The van der Waals surface area contributed by atoms with Gasteiger partial charge in [0.15, 0.2) is 5.13 Å². The molecular formula is C25H36N6O3S. The lowest BCUT2D eigenvalue weighted by molar-refractivity contribution is 0.0197. The summed E-state index contributed by atoms with van der Waals surface area (Å²) < 4.78 is 5.55. The lowest BCUT2D eigenvalue weighted by Gasteiger charge is -2.34. The number of pyridine rings is 1. The Morgan fingerprint density at radius 3 is 2.66 bits per heavy atom. The number of likely N-dealkylation sites (tertiary alicyclic amines) is 2. The maximum Gasteiger partial charge on any atom is 0.410 e. The number of carbonyl (C=O) groups is 2. The molecule has 35 heavy (non-hydrogen) atoms. The summed E-state index contributed by atoms with van der Waals surface area (Å²) in [7, 11) is 2.10. The molecule has 0 aromatic carbocycles. The summed E-state index contributed by atoms with van der Waals surface area (Å²) in [5.74, 6) is 0.745. The van der Waals surface area contributed by atoms with E-state index >= 15 is 0 Å². The van der Waals surface area contributed by atoms with E-state index in [9.17, 15) is 9.59 Å². The predicted molar refractivity (Wildman–Crippen MR) is 137 cm³/mol. The summed E-state index contributed by atoms with van der Waals surface area (Å²) in [4.78, 5) is 39.0. The topological polar surface area (TPSA) is 99.7 Å². The van der Waals surface area contributed by atoms with Gasteiger partial charge in [0.1, 0.15) is 16.3 Å². The van der Waals surface area contributed by atoms with E-state index in [1.807, 2.05) is 39.0 Å². The Hall–Kier alpha value is -2.72. The predicted octanol–water partition coefficient (Wildman–Crippen LogP) is 4.22. The summed E-state index contributed by atoms with van der Waals surface area (Å²) in [6, 6.07) is 6.05. The molecule has 0 radical (unpaired) electrons. The second kappa shape index (κ2) is 10.9. The number of hydrogen-bond acceptors (Lipinski definition) is 8. The fourth-order valence-electron chi connectivity index (χ4n) is 4.42. The van der Waals surface area contributed by atoms with Crippen molar-refractivity contribution in [3.05, 3.63) is 35.0 Å². The van der Waals surface area contributed by atoms with Crippen LogP contribution in [0.3, 0.4) is 0 Å². The number of thiazole rings is 1. The summed E-state index contributed by atoms with van der Waals surface area (Å²) in [5, 5.41) is 7.00. The largest absolute Gasteiger partial charge is 0.444 e. The normalized spacial score (nSPS) is 19.9. The van der Waals surface area contributed by atoms with Crippen LogP contribution in [0.1, 0.15) is 67.7 Å². The molecule has 0 spiro atoms. The first kappa shape index (κ1) is 25.4. The van der Waals surface area contributed by atoms with E-state index in [2.05, 4.69) is 27.6 Å². The zero-order chi connectivity index (χ0) is 25.0. The molecule has 0 aliphatic carbocycles. The second-order valence-electron chi connectivity index (χ2n) is 10.4. The smallest absolute Gasteiger partial charge is 0.410 e. The van der Waals surface area contributed by atoms with Crippen molar-refractivity contribution in [2.75, 3.05) is 38.5 Å². The molecule has 1 atom stereocenters. The van der Waals surface area contributed by atoms with Crippen molar-refractivity contribution >= 4 is 34.3 Å². The van der Waals surface area contributed by atoms with Crippen LogP contribution < -0.4 is 10.6 Å². The van der Waals surface area contributed by atoms with Crippen LogP contribution in [0.25, 0.3) is 0 Å². The quantitative estimate of drug-likeness (QED) is 0.634. The van der Waals surface area contributed by atoms with Gasteiger partial charge in [0, 0.05) is 30.7 Å². The number of nitrogens with one attached hydrogen (secondary N) is 2. The standard InChI is InChI=1S/C25H36N6O3S/c1-25(2,3)34-24(33)31-12-6-7-17(16-31)19-8-5-9-21(28-19)29-23-26-15-20(35-23)22(32)27-18-10-13-30(4)14-11-18/h5,8-9,15,17-18H,6-7,10-14,16H2,1-4H3,(H,27,32)(H,26,28,29). The van der Waals surface area contributed by atoms with Crippen LogP contribution in [0.5, 0.6) is 0 Å². The van der Waals surface area contributed by atoms with Crippen LogP contribution in [0, 0.1) is 0 Å². The van der Waals surface area contributed by atoms with Crippen LogP contribution >= 0.6 is 11.3 Å². The molecular weight excluding hydrogens is 464 g/mol. The lowest BCUT2D eigenvalue weighted by atomic mass is 9.94. The number of amides is 2. The fourth-order valence-corrected chi connectivity index (χ4v) is 5.14. The van der Waals surface area contributed by atoms with Gasteiger partial charge in [-0.05, 0) is 78.7 Å². The maximum atomic E-state index is 12.7. The van der Waals surface area contributed by atoms with Crippen molar-refractivity contribution in [2.45, 2.75) is 64.0 Å². The monoisotopic (exact) mass is 500 g/mol. The van der Waals surface area contributed by atoms with Crippen LogP contribution in [-0.4, -0.2) is 76.6 Å². The second-order valence-corrected chi connectivity index (χ2v) is 11.4. The SMILES string of the molecule is CN1CCC(NC(=O)c2cnc(Nc3cccc(C4CCCN(C(=O)OC(C)(C)C)C4)n3)s2)CC1. The molecule has 2 aliphatic heterocycles. The van der Waals surface area contributed by atoms with E-state index in [1.54, 1.807) is 11.1 Å². The van der Waals surface area contributed by atoms with Crippen molar-refractivity contribution in [1.82, 2.24) is 25.1 Å². The number of nitrogens with zero attached hydrogens (tertiary/aromatic N) is 4. The molecule has 2 fully saturated rings. The number of hydrogen-bond donors (Lipinski definition) is 2. The van der Waals surface area contributed by atoms with Crippen LogP contribution in [0.2, 0.25) is 0 Å². The van der Waals surface area contributed by atoms with Gasteiger partial charge in [0.25, 0.3) is 5.91 Å². The molecule has 2 aliphatic rings.